The standard InChI is InChI=1S/C20H24N2O3/c23-20(24)15-25-19-7-4-17(5-8-19)14-22-13-1-2-18(22)6-3-16-9-11-21-12-10-16/h4-5,7-12,18H,1-3,6,13-15H2,(H,23,24)/t18-/m0/s1. The van der Waals surface area contributed by atoms with Gasteiger partial charge in [-0.3, -0.25) is 9.88 Å². The molecule has 1 N–H and O–H groups in total. The van der Waals surface area contributed by atoms with Crippen molar-refractivity contribution in [1.82, 2.24) is 9.88 Å². The molecule has 1 aromatic heterocycles. The molecule has 0 radical (unpaired) electrons. The van der Waals surface area contributed by atoms with Crippen LogP contribution in [0.5, 0.6) is 5.75 Å². The third-order valence-electron chi connectivity index (χ3n) is 4.69. The fourth-order valence-corrected chi connectivity index (χ4v) is 3.38. The lowest BCUT2D eigenvalue weighted by Crippen LogP contribution is -2.29. The molecule has 3 rings (SSSR count). The van der Waals surface area contributed by atoms with E-state index in [2.05, 4.69) is 22.0 Å². The first-order valence-electron chi connectivity index (χ1n) is 8.77. The second kappa shape index (κ2) is 8.62. The van der Waals surface area contributed by atoms with Gasteiger partial charge in [0, 0.05) is 25.0 Å². The highest BCUT2D eigenvalue weighted by Gasteiger charge is 2.24. The number of aryl methyl sites for hydroxylation is 1. The van der Waals surface area contributed by atoms with E-state index in [1.807, 2.05) is 36.7 Å². The first-order chi connectivity index (χ1) is 12.2. The van der Waals surface area contributed by atoms with E-state index in [1.165, 1.54) is 30.4 Å². The molecule has 2 aromatic rings. The number of aromatic nitrogens is 1. The number of nitrogens with zero attached hydrogens (tertiary/aromatic N) is 2. The molecule has 1 saturated heterocycles. The van der Waals surface area contributed by atoms with Crippen LogP contribution in [-0.4, -0.2) is 40.2 Å². The average Bonchev–Trinajstić information content (AvgIpc) is 3.07. The van der Waals surface area contributed by atoms with E-state index in [-0.39, 0.29) is 6.61 Å². The molecule has 2 heterocycles. The highest BCUT2D eigenvalue weighted by molar-refractivity contribution is 5.68. The number of likely N-dealkylation sites (tertiary alicyclic amines) is 1. The number of ether oxygens (including phenoxy) is 1. The predicted molar refractivity (Wildman–Crippen MR) is 95.6 cm³/mol. The molecular weight excluding hydrogens is 316 g/mol. The summed E-state index contributed by atoms with van der Waals surface area (Å²) in [5, 5.41) is 8.65. The summed E-state index contributed by atoms with van der Waals surface area (Å²) in [5.41, 5.74) is 2.58. The molecule has 1 aromatic carbocycles. The van der Waals surface area contributed by atoms with Crippen LogP contribution < -0.4 is 4.74 Å². The van der Waals surface area contributed by atoms with Crippen LogP contribution in [0.2, 0.25) is 0 Å². The smallest absolute Gasteiger partial charge is 0.341 e. The number of pyridine rings is 1. The number of benzene rings is 1. The molecule has 0 spiro atoms. The van der Waals surface area contributed by atoms with E-state index in [4.69, 9.17) is 9.84 Å². The van der Waals surface area contributed by atoms with Crippen LogP contribution in [0.25, 0.3) is 0 Å². The highest BCUT2D eigenvalue weighted by Crippen LogP contribution is 2.24. The lowest BCUT2D eigenvalue weighted by molar-refractivity contribution is -0.139. The molecule has 5 nitrogen and oxygen atoms in total. The number of hydrogen-bond acceptors (Lipinski definition) is 4. The molecule has 0 saturated carbocycles. The maximum Gasteiger partial charge on any atom is 0.341 e. The highest BCUT2D eigenvalue weighted by atomic mass is 16.5. The van der Waals surface area contributed by atoms with Crippen LogP contribution in [0.15, 0.2) is 48.8 Å². The Labute approximate surface area is 148 Å². The second-order valence-corrected chi connectivity index (χ2v) is 6.49. The predicted octanol–water partition coefficient (Wildman–Crippen LogP) is 3.14. The quantitative estimate of drug-likeness (QED) is 0.800. The van der Waals surface area contributed by atoms with Crippen LogP contribution in [0.1, 0.15) is 30.4 Å². The van der Waals surface area contributed by atoms with Gasteiger partial charge in [0.05, 0.1) is 0 Å². The van der Waals surface area contributed by atoms with E-state index in [0.29, 0.717) is 11.8 Å². The maximum absolute atomic E-state index is 10.5. The minimum Gasteiger partial charge on any atom is -0.482 e. The van der Waals surface area contributed by atoms with Crippen molar-refractivity contribution in [2.75, 3.05) is 13.2 Å². The van der Waals surface area contributed by atoms with Gasteiger partial charge in [-0.1, -0.05) is 12.1 Å². The molecule has 1 aliphatic heterocycles. The zero-order valence-corrected chi connectivity index (χ0v) is 14.3. The molecule has 1 fully saturated rings. The number of carboxylic acids is 1. The fraction of sp³-hybridized carbons (Fsp3) is 0.400. The van der Waals surface area contributed by atoms with Gasteiger partial charge in [-0.25, -0.2) is 4.79 Å². The lowest BCUT2D eigenvalue weighted by Gasteiger charge is -2.24. The van der Waals surface area contributed by atoms with Crippen molar-refractivity contribution >= 4 is 5.97 Å². The summed E-state index contributed by atoms with van der Waals surface area (Å²) < 4.78 is 5.18. The Kier molecular flexibility index (Phi) is 6.01. The van der Waals surface area contributed by atoms with E-state index >= 15 is 0 Å². The summed E-state index contributed by atoms with van der Waals surface area (Å²) in [7, 11) is 0. The summed E-state index contributed by atoms with van der Waals surface area (Å²) in [5.74, 6) is -0.361. The molecule has 0 aliphatic carbocycles. The van der Waals surface area contributed by atoms with Gasteiger partial charge in [0.1, 0.15) is 5.75 Å². The number of carboxylic acid groups (broad SMARTS) is 1. The summed E-state index contributed by atoms with van der Waals surface area (Å²) >= 11 is 0. The Morgan fingerprint density at radius 2 is 1.92 bits per heavy atom. The minimum atomic E-state index is -0.960. The van der Waals surface area contributed by atoms with E-state index in [1.54, 1.807) is 0 Å². The summed E-state index contributed by atoms with van der Waals surface area (Å²) in [4.78, 5) is 17.2. The van der Waals surface area contributed by atoms with E-state index < -0.39 is 5.97 Å². The zero-order chi connectivity index (χ0) is 17.5. The van der Waals surface area contributed by atoms with Gasteiger partial charge < -0.3 is 9.84 Å². The van der Waals surface area contributed by atoms with Crippen LogP contribution >= 0.6 is 0 Å². The van der Waals surface area contributed by atoms with Gasteiger partial charge >= 0.3 is 5.97 Å². The fourth-order valence-electron chi connectivity index (χ4n) is 3.38. The van der Waals surface area contributed by atoms with Gasteiger partial charge in [-0.15, -0.1) is 0 Å². The molecule has 1 atom stereocenters. The Morgan fingerprint density at radius 3 is 2.64 bits per heavy atom. The normalized spacial score (nSPS) is 17.5. The van der Waals surface area contributed by atoms with Gasteiger partial charge in [0.2, 0.25) is 0 Å². The number of rotatable bonds is 8. The first-order valence-corrected chi connectivity index (χ1v) is 8.77. The van der Waals surface area contributed by atoms with Crippen molar-refractivity contribution in [1.29, 1.82) is 0 Å². The Hall–Kier alpha value is -2.40. The molecule has 132 valence electrons. The molecule has 0 amide bonds. The van der Waals surface area contributed by atoms with Gasteiger partial charge in [0.25, 0.3) is 0 Å². The summed E-state index contributed by atoms with van der Waals surface area (Å²) in [6, 6.07) is 12.5. The third-order valence-corrected chi connectivity index (χ3v) is 4.69. The SMILES string of the molecule is O=C(O)COc1ccc(CN2CCC[C@H]2CCc2ccncc2)cc1. The van der Waals surface area contributed by atoms with E-state index in [0.717, 1.165) is 19.5 Å². The van der Waals surface area contributed by atoms with Crippen molar-refractivity contribution < 1.29 is 14.6 Å². The summed E-state index contributed by atoms with van der Waals surface area (Å²) in [6.07, 6.45) is 8.48. The topological polar surface area (TPSA) is 62.7 Å². The minimum absolute atomic E-state index is 0.303. The number of aliphatic carboxylic acids is 1. The monoisotopic (exact) mass is 340 g/mol. The van der Waals surface area contributed by atoms with Crippen LogP contribution in [0.4, 0.5) is 0 Å². The van der Waals surface area contributed by atoms with Crippen molar-refractivity contribution in [3.05, 3.63) is 59.9 Å². The summed E-state index contributed by atoms with van der Waals surface area (Å²) in [6.45, 7) is 1.76. The average molecular weight is 340 g/mol. The largest absolute Gasteiger partial charge is 0.482 e. The third kappa shape index (κ3) is 5.29. The van der Waals surface area contributed by atoms with Crippen LogP contribution in [0.3, 0.4) is 0 Å². The lowest BCUT2D eigenvalue weighted by atomic mass is 10.0. The molecule has 1 aliphatic rings. The second-order valence-electron chi connectivity index (χ2n) is 6.49. The maximum atomic E-state index is 10.5. The Balaban J connectivity index is 1.51. The number of carbonyl (C=O) groups is 1. The number of hydrogen-bond donors (Lipinski definition) is 1. The zero-order valence-electron chi connectivity index (χ0n) is 14.3. The Bertz CT molecular complexity index is 673. The van der Waals surface area contributed by atoms with Crippen molar-refractivity contribution in [2.24, 2.45) is 0 Å². The van der Waals surface area contributed by atoms with Crippen molar-refractivity contribution in [3.8, 4) is 5.75 Å². The van der Waals surface area contributed by atoms with Gasteiger partial charge in [0.15, 0.2) is 6.61 Å². The molecule has 0 bridgehead atoms. The Morgan fingerprint density at radius 1 is 1.16 bits per heavy atom. The van der Waals surface area contributed by atoms with Crippen molar-refractivity contribution in [3.63, 3.8) is 0 Å². The molecule has 5 heteroatoms. The van der Waals surface area contributed by atoms with Crippen LogP contribution in [-0.2, 0) is 17.8 Å². The first kappa shape index (κ1) is 17.4. The molecule has 25 heavy (non-hydrogen) atoms. The van der Waals surface area contributed by atoms with Gasteiger partial charge in [-0.05, 0) is 67.6 Å². The van der Waals surface area contributed by atoms with Gasteiger partial charge in [-0.2, -0.15) is 0 Å². The molecule has 0 unspecified atom stereocenters. The van der Waals surface area contributed by atoms with Crippen molar-refractivity contribution in [2.45, 2.75) is 38.3 Å². The van der Waals surface area contributed by atoms with Crippen LogP contribution in [0, 0.1) is 0 Å². The van der Waals surface area contributed by atoms with E-state index in [9.17, 15) is 4.79 Å². The molecular formula is C20H24N2O3.